The number of Topliss-reactive ketones (excluding diaryl/α,β-unsaturated/α-hetero) is 2. The molecule has 1 aliphatic carbocycles. The van der Waals surface area contributed by atoms with Crippen molar-refractivity contribution in [2.24, 2.45) is 0 Å². The number of methoxy groups -OCH3 is 2. The molecule has 0 aromatic carbocycles. The van der Waals surface area contributed by atoms with E-state index in [2.05, 4.69) is 4.84 Å². The van der Waals surface area contributed by atoms with Gasteiger partial charge in [0.25, 0.3) is 5.09 Å². The van der Waals surface area contributed by atoms with Crippen LogP contribution in [0.3, 0.4) is 0 Å². The molecule has 8 heteroatoms. The van der Waals surface area contributed by atoms with Crippen molar-refractivity contribution in [2.75, 3.05) is 20.8 Å². The van der Waals surface area contributed by atoms with E-state index in [4.69, 9.17) is 9.47 Å². The molecule has 0 saturated carbocycles. The minimum absolute atomic E-state index is 0.0288. The number of allylic oxidation sites excluding steroid dienone is 2. The Labute approximate surface area is 146 Å². The van der Waals surface area contributed by atoms with Crippen molar-refractivity contribution in [3.63, 3.8) is 0 Å². The van der Waals surface area contributed by atoms with Crippen molar-refractivity contribution in [2.45, 2.75) is 51.9 Å². The zero-order valence-corrected chi connectivity index (χ0v) is 15.0. The molecule has 25 heavy (non-hydrogen) atoms. The van der Waals surface area contributed by atoms with Crippen molar-refractivity contribution < 1.29 is 29.0 Å². The van der Waals surface area contributed by atoms with Crippen LogP contribution in [0.2, 0.25) is 0 Å². The van der Waals surface area contributed by atoms with Gasteiger partial charge in [-0.25, -0.2) is 0 Å². The Bertz CT molecular complexity index is 578. The average molecular weight is 355 g/mol. The van der Waals surface area contributed by atoms with Crippen LogP contribution in [-0.4, -0.2) is 37.5 Å². The molecule has 140 valence electrons. The predicted molar refractivity (Wildman–Crippen MR) is 89.0 cm³/mol. The molecule has 8 nitrogen and oxygen atoms in total. The van der Waals surface area contributed by atoms with E-state index in [1.807, 2.05) is 0 Å². The summed E-state index contributed by atoms with van der Waals surface area (Å²) in [5, 5.41) is 9.21. The van der Waals surface area contributed by atoms with Gasteiger partial charge in [0.15, 0.2) is 0 Å². The maximum Gasteiger partial charge on any atom is 0.294 e. The molecule has 0 bridgehead atoms. The number of carbonyl (C=O) groups excluding carboxylic acids is 2. The van der Waals surface area contributed by atoms with Gasteiger partial charge >= 0.3 is 0 Å². The maximum absolute atomic E-state index is 12.4. The van der Waals surface area contributed by atoms with Crippen LogP contribution in [0.25, 0.3) is 0 Å². The summed E-state index contributed by atoms with van der Waals surface area (Å²) in [6.07, 6.45) is 5.64. The predicted octanol–water partition coefficient (Wildman–Crippen LogP) is 2.90. The minimum atomic E-state index is -0.782. The fourth-order valence-electron chi connectivity index (χ4n) is 2.74. The van der Waals surface area contributed by atoms with Gasteiger partial charge in [-0.05, 0) is 26.2 Å². The molecule has 0 heterocycles. The highest BCUT2D eigenvalue weighted by molar-refractivity contribution is 6.23. The number of unbranched alkanes of at least 4 members (excludes halogenated alkanes) is 5. The number of rotatable bonds is 12. The molecular weight excluding hydrogens is 330 g/mol. The molecule has 0 aromatic heterocycles. The third kappa shape index (κ3) is 5.88. The number of ketones is 2. The molecule has 0 aliphatic heterocycles. The molecule has 0 spiro atoms. The van der Waals surface area contributed by atoms with Crippen molar-refractivity contribution in [1.82, 2.24) is 0 Å². The summed E-state index contributed by atoms with van der Waals surface area (Å²) in [5.41, 5.74) is 0.904. The highest BCUT2D eigenvalue weighted by Crippen LogP contribution is 2.28. The van der Waals surface area contributed by atoms with Crippen LogP contribution in [0, 0.1) is 10.1 Å². The summed E-state index contributed by atoms with van der Waals surface area (Å²) >= 11 is 0. The van der Waals surface area contributed by atoms with Gasteiger partial charge in [0.2, 0.25) is 23.1 Å². The van der Waals surface area contributed by atoms with Gasteiger partial charge in [-0.2, -0.15) is 0 Å². The van der Waals surface area contributed by atoms with E-state index in [1.54, 1.807) is 6.92 Å². The smallest absolute Gasteiger partial charge is 0.294 e. The number of hydrogen-bond acceptors (Lipinski definition) is 7. The van der Waals surface area contributed by atoms with E-state index in [0.717, 1.165) is 32.1 Å². The first-order valence-electron chi connectivity index (χ1n) is 8.32. The van der Waals surface area contributed by atoms with Gasteiger partial charge in [0, 0.05) is 11.1 Å². The normalized spacial score (nSPS) is 14.8. The van der Waals surface area contributed by atoms with Crippen molar-refractivity contribution in [1.29, 1.82) is 0 Å². The summed E-state index contributed by atoms with van der Waals surface area (Å²) in [6, 6.07) is 0. The minimum Gasteiger partial charge on any atom is -0.489 e. The van der Waals surface area contributed by atoms with Crippen LogP contribution < -0.4 is 0 Å². The third-order valence-corrected chi connectivity index (χ3v) is 4.11. The first kappa shape index (κ1) is 20.7. The lowest BCUT2D eigenvalue weighted by Gasteiger charge is -2.20. The van der Waals surface area contributed by atoms with Crippen molar-refractivity contribution in [3.8, 4) is 0 Å². The lowest BCUT2D eigenvalue weighted by atomic mass is 9.89. The summed E-state index contributed by atoms with van der Waals surface area (Å²) in [7, 11) is 2.69. The SMILES string of the molecule is COC1=C(OC)C(=O)C(CCCCCCCCO[N+](=O)[O-])=C(C)C1=O. The van der Waals surface area contributed by atoms with Crippen molar-refractivity contribution in [3.05, 3.63) is 32.8 Å². The van der Waals surface area contributed by atoms with E-state index in [0.29, 0.717) is 24.0 Å². The number of hydrogen-bond donors (Lipinski definition) is 0. The molecule has 0 saturated heterocycles. The fourth-order valence-corrected chi connectivity index (χ4v) is 2.74. The van der Waals surface area contributed by atoms with Gasteiger partial charge in [0.05, 0.1) is 20.8 Å². The Morgan fingerprint density at radius 3 is 1.96 bits per heavy atom. The molecule has 1 rings (SSSR count). The Morgan fingerprint density at radius 2 is 1.40 bits per heavy atom. The third-order valence-electron chi connectivity index (χ3n) is 4.11. The fraction of sp³-hybridized carbons (Fsp3) is 0.647. The number of ether oxygens (including phenoxy) is 2. The largest absolute Gasteiger partial charge is 0.489 e. The van der Waals surface area contributed by atoms with Crippen LogP contribution in [0.15, 0.2) is 22.7 Å². The molecule has 0 amide bonds. The Balaban J connectivity index is 2.37. The molecule has 0 atom stereocenters. The Hall–Kier alpha value is -2.38. The van der Waals surface area contributed by atoms with Crippen molar-refractivity contribution >= 4 is 11.6 Å². The van der Waals surface area contributed by atoms with Gasteiger partial charge < -0.3 is 14.3 Å². The number of carbonyl (C=O) groups is 2. The zero-order chi connectivity index (χ0) is 18.8. The second-order valence-corrected chi connectivity index (χ2v) is 5.76. The average Bonchev–Trinajstić information content (AvgIpc) is 2.58. The summed E-state index contributed by atoms with van der Waals surface area (Å²) < 4.78 is 10.0. The highest BCUT2D eigenvalue weighted by atomic mass is 16.9. The number of nitrogens with zero attached hydrogens (tertiary/aromatic N) is 1. The molecule has 1 aliphatic rings. The van der Waals surface area contributed by atoms with Gasteiger partial charge in [-0.1, -0.05) is 25.7 Å². The zero-order valence-electron chi connectivity index (χ0n) is 15.0. The Kier molecular flexibility index (Phi) is 8.66. The van der Waals surface area contributed by atoms with Crippen LogP contribution in [0.5, 0.6) is 0 Å². The van der Waals surface area contributed by atoms with Crippen LogP contribution >= 0.6 is 0 Å². The molecule has 0 radical (unpaired) electrons. The molecule has 0 fully saturated rings. The summed E-state index contributed by atoms with van der Waals surface area (Å²) in [4.78, 5) is 38.9. The van der Waals surface area contributed by atoms with E-state index >= 15 is 0 Å². The Morgan fingerprint density at radius 1 is 0.880 bits per heavy atom. The molecule has 0 N–H and O–H groups in total. The summed E-state index contributed by atoms with van der Waals surface area (Å²) in [5.74, 6) is -0.655. The van der Waals surface area contributed by atoms with Gasteiger partial charge in [-0.3, -0.25) is 9.59 Å². The quantitative estimate of drug-likeness (QED) is 0.229. The lowest BCUT2D eigenvalue weighted by molar-refractivity contribution is -0.757. The van der Waals surface area contributed by atoms with E-state index in [9.17, 15) is 19.7 Å². The lowest BCUT2D eigenvalue weighted by Crippen LogP contribution is -2.25. The topological polar surface area (TPSA) is 105 Å². The monoisotopic (exact) mass is 355 g/mol. The first-order valence-corrected chi connectivity index (χ1v) is 8.32. The van der Waals surface area contributed by atoms with E-state index < -0.39 is 5.09 Å². The second kappa shape index (κ2) is 10.5. The molecular formula is C17H25NO7. The van der Waals surface area contributed by atoms with Gasteiger partial charge in [-0.15, -0.1) is 10.1 Å². The van der Waals surface area contributed by atoms with Crippen LogP contribution in [0.1, 0.15) is 51.9 Å². The second-order valence-electron chi connectivity index (χ2n) is 5.76. The first-order chi connectivity index (χ1) is 11.9. The van der Waals surface area contributed by atoms with Crippen LogP contribution in [0.4, 0.5) is 0 Å². The molecule has 0 aromatic rings. The van der Waals surface area contributed by atoms with Gasteiger partial charge in [0.1, 0.15) is 0 Å². The highest BCUT2D eigenvalue weighted by Gasteiger charge is 2.34. The van der Waals surface area contributed by atoms with E-state index in [-0.39, 0.29) is 29.7 Å². The van der Waals surface area contributed by atoms with Crippen LogP contribution in [-0.2, 0) is 23.9 Å². The summed E-state index contributed by atoms with van der Waals surface area (Å²) in [6.45, 7) is 1.76. The van der Waals surface area contributed by atoms with E-state index in [1.165, 1.54) is 14.2 Å². The molecule has 0 unspecified atom stereocenters. The maximum atomic E-state index is 12.4. The standard InChI is InChI=1S/C17H25NO7/c1-12-13(15(20)17(24-3)16(23-2)14(12)19)10-8-6-4-5-7-9-11-25-18(21)22/h4-11H2,1-3H3.